The molecule has 1 amide bonds. The summed E-state index contributed by atoms with van der Waals surface area (Å²) < 4.78 is 4.82. The van der Waals surface area contributed by atoms with E-state index < -0.39 is 11.4 Å². The van der Waals surface area contributed by atoms with Crippen LogP contribution in [0.25, 0.3) is 6.08 Å². The summed E-state index contributed by atoms with van der Waals surface area (Å²) in [6.07, 6.45) is 10.5. The average molecular weight is 399 g/mol. The van der Waals surface area contributed by atoms with Gasteiger partial charge in [-0.2, -0.15) is 0 Å². The van der Waals surface area contributed by atoms with Gasteiger partial charge in [-0.3, -0.25) is 9.59 Å². The van der Waals surface area contributed by atoms with Crippen molar-refractivity contribution in [2.24, 2.45) is 28.9 Å². The largest absolute Gasteiger partial charge is 0.468 e. The van der Waals surface area contributed by atoms with Crippen molar-refractivity contribution in [2.75, 3.05) is 13.7 Å². The van der Waals surface area contributed by atoms with Crippen molar-refractivity contribution in [2.45, 2.75) is 44.6 Å². The molecule has 1 aromatic rings. The lowest BCUT2D eigenvalue weighted by Gasteiger charge is -2.22. The number of rotatable bonds is 9. The quantitative estimate of drug-likeness (QED) is 0.286. The van der Waals surface area contributed by atoms with Crippen LogP contribution in [0.5, 0.6) is 0 Å². The standard InChI is InChI=1S/C21H29N5O3/c1-29-20(28)21(8-9-24-19(21)27)10-14(22)6-7-16-25-11-15(26-16)18(23)17(12-2-3-12)13-4-5-13/h6-7,11-13,17-18,22H,2-5,8-10,23H2,1H3,(H,24,27)(H,25,26)/b7-6-,22-14?. The molecule has 156 valence electrons. The van der Waals surface area contributed by atoms with E-state index in [2.05, 4.69) is 15.3 Å². The molecular formula is C21H29N5O3. The number of nitrogens with zero attached hydrogens (tertiary/aromatic N) is 1. The molecule has 0 aromatic carbocycles. The number of aromatic nitrogens is 2. The predicted octanol–water partition coefficient (Wildman–Crippen LogP) is 1.95. The molecule has 2 aliphatic carbocycles. The van der Waals surface area contributed by atoms with E-state index in [0.29, 0.717) is 24.7 Å². The van der Waals surface area contributed by atoms with Crippen molar-refractivity contribution < 1.29 is 14.3 Å². The number of hydrogen-bond acceptors (Lipinski definition) is 6. The Bertz CT molecular complexity index is 827. The molecule has 29 heavy (non-hydrogen) atoms. The van der Waals surface area contributed by atoms with Crippen LogP contribution < -0.4 is 11.1 Å². The Labute approximate surface area is 170 Å². The number of H-pyrrole nitrogens is 1. The molecule has 3 fully saturated rings. The van der Waals surface area contributed by atoms with Crippen LogP contribution in [-0.4, -0.2) is 41.2 Å². The van der Waals surface area contributed by atoms with Crippen LogP contribution in [0.4, 0.5) is 0 Å². The summed E-state index contributed by atoms with van der Waals surface area (Å²) in [4.78, 5) is 32.0. The minimum Gasteiger partial charge on any atom is -0.468 e. The molecule has 3 aliphatic rings. The number of hydrogen-bond donors (Lipinski definition) is 4. The maximum atomic E-state index is 12.2. The van der Waals surface area contributed by atoms with E-state index in [0.717, 1.165) is 17.5 Å². The molecule has 2 unspecified atom stereocenters. The second kappa shape index (κ2) is 7.74. The Hall–Kier alpha value is -2.48. The highest BCUT2D eigenvalue weighted by molar-refractivity contribution is 6.09. The minimum absolute atomic E-state index is 0.000516. The van der Waals surface area contributed by atoms with E-state index in [4.69, 9.17) is 15.9 Å². The van der Waals surface area contributed by atoms with Crippen molar-refractivity contribution >= 4 is 23.7 Å². The van der Waals surface area contributed by atoms with Gasteiger partial charge in [0.1, 0.15) is 5.82 Å². The van der Waals surface area contributed by atoms with Crippen LogP contribution in [-0.2, 0) is 14.3 Å². The van der Waals surface area contributed by atoms with Gasteiger partial charge in [-0.15, -0.1) is 0 Å². The highest BCUT2D eigenvalue weighted by atomic mass is 16.5. The molecule has 8 heteroatoms. The number of carbonyl (C=O) groups is 2. The summed E-state index contributed by atoms with van der Waals surface area (Å²) in [6.45, 7) is 0.410. The summed E-state index contributed by atoms with van der Waals surface area (Å²) in [5.41, 5.74) is 6.34. The predicted molar refractivity (Wildman–Crippen MR) is 108 cm³/mol. The molecule has 1 aromatic heterocycles. The van der Waals surface area contributed by atoms with E-state index >= 15 is 0 Å². The second-order valence-corrected chi connectivity index (χ2v) is 8.62. The zero-order valence-electron chi connectivity index (χ0n) is 16.7. The highest BCUT2D eigenvalue weighted by Crippen LogP contribution is 2.53. The number of esters is 1. The highest BCUT2D eigenvalue weighted by Gasteiger charge is 2.50. The van der Waals surface area contributed by atoms with Gasteiger partial charge in [0.05, 0.1) is 19.0 Å². The van der Waals surface area contributed by atoms with Crippen LogP contribution >= 0.6 is 0 Å². The van der Waals surface area contributed by atoms with E-state index in [-0.39, 0.29) is 24.1 Å². The number of ether oxygens (including phenoxy) is 1. The second-order valence-electron chi connectivity index (χ2n) is 8.62. The van der Waals surface area contributed by atoms with Gasteiger partial charge in [0.15, 0.2) is 5.41 Å². The molecule has 5 N–H and O–H groups in total. The van der Waals surface area contributed by atoms with Gasteiger partial charge in [-0.1, -0.05) is 0 Å². The van der Waals surface area contributed by atoms with Gasteiger partial charge in [0.25, 0.3) is 0 Å². The minimum atomic E-state index is -1.31. The number of aromatic amines is 1. The number of nitrogens with two attached hydrogens (primary N) is 1. The number of nitrogens with one attached hydrogen (secondary N) is 3. The third kappa shape index (κ3) is 3.99. The van der Waals surface area contributed by atoms with Gasteiger partial charge in [0.2, 0.25) is 5.91 Å². The first-order chi connectivity index (χ1) is 13.9. The zero-order chi connectivity index (χ0) is 20.6. The van der Waals surface area contributed by atoms with Gasteiger partial charge in [-0.25, -0.2) is 4.98 Å². The smallest absolute Gasteiger partial charge is 0.321 e. The van der Waals surface area contributed by atoms with Crippen LogP contribution in [0.3, 0.4) is 0 Å². The topological polar surface area (TPSA) is 134 Å². The number of allylic oxidation sites excluding steroid dienone is 1. The maximum absolute atomic E-state index is 12.2. The van der Waals surface area contributed by atoms with Gasteiger partial charge >= 0.3 is 5.97 Å². The average Bonchev–Trinajstić information content (AvgIpc) is 3.64. The van der Waals surface area contributed by atoms with E-state index in [9.17, 15) is 9.59 Å². The Balaban J connectivity index is 1.41. The Morgan fingerprint density at radius 1 is 1.41 bits per heavy atom. The zero-order valence-corrected chi connectivity index (χ0v) is 16.7. The molecule has 2 saturated carbocycles. The van der Waals surface area contributed by atoms with Crippen molar-refractivity contribution in [3.8, 4) is 0 Å². The van der Waals surface area contributed by atoms with Crippen molar-refractivity contribution in [1.29, 1.82) is 5.41 Å². The number of amides is 1. The lowest BCUT2D eigenvalue weighted by Crippen LogP contribution is -2.41. The van der Waals surface area contributed by atoms with Crippen LogP contribution in [0, 0.1) is 28.6 Å². The monoisotopic (exact) mass is 399 g/mol. The van der Waals surface area contributed by atoms with Crippen molar-refractivity contribution in [1.82, 2.24) is 15.3 Å². The van der Waals surface area contributed by atoms with Gasteiger partial charge in [-0.05, 0) is 62.0 Å². The fourth-order valence-electron chi connectivity index (χ4n) is 4.61. The first kappa shape index (κ1) is 19.8. The maximum Gasteiger partial charge on any atom is 0.321 e. The molecule has 0 spiro atoms. The number of methoxy groups -OCH3 is 1. The lowest BCUT2D eigenvalue weighted by atomic mass is 9.81. The summed E-state index contributed by atoms with van der Waals surface area (Å²) in [7, 11) is 1.26. The molecule has 0 radical (unpaired) electrons. The van der Waals surface area contributed by atoms with Crippen molar-refractivity contribution in [3.63, 3.8) is 0 Å². The van der Waals surface area contributed by atoms with E-state index in [1.165, 1.54) is 32.8 Å². The molecule has 1 saturated heterocycles. The molecule has 0 bridgehead atoms. The molecule has 2 heterocycles. The first-order valence-electron chi connectivity index (χ1n) is 10.4. The third-order valence-corrected chi connectivity index (χ3v) is 6.50. The van der Waals surface area contributed by atoms with Gasteiger partial charge < -0.3 is 26.2 Å². The van der Waals surface area contributed by atoms with E-state index in [1.54, 1.807) is 18.3 Å². The summed E-state index contributed by atoms with van der Waals surface area (Å²) in [5, 5.41) is 10.9. The van der Waals surface area contributed by atoms with Crippen LogP contribution in [0.2, 0.25) is 0 Å². The molecule has 8 nitrogen and oxygen atoms in total. The molecular weight excluding hydrogens is 370 g/mol. The Kier molecular flexibility index (Phi) is 5.29. The Morgan fingerprint density at radius 2 is 2.10 bits per heavy atom. The van der Waals surface area contributed by atoms with Crippen LogP contribution in [0.1, 0.15) is 56.1 Å². The fraction of sp³-hybridized carbons (Fsp3) is 0.619. The third-order valence-electron chi connectivity index (χ3n) is 6.50. The van der Waals surface area contributed by atoms with Crippen molar-refractivity contribution in [3.05, 3.63) is 23.8 Å². The molecule has 1 aliphatic heterocycles. The van der Waals surface area contributed by atoms with Gasteiger partial charge in [0, 0.05) is 24.7 Å². The Morgan fingerprint density at radius 3 is 2.66 bits per heavy atom. The number of imidazole rings is 1. The van der Waals surface area contributed by atoms with Crippen LogP contribution in [0.15, 0.2) is 12.3 Å². The SMILES string of the molecule is COC(=O)C1(CC(=N)/C=C\c2ncc(C(N)C(C3CC3)C3CC3)[nH]2)CCNC1=O. The number of carbonyl (C=O) groups excluding carboxylic acids is 2. The first-order valence-corrected chi connectivity index (χ1v) is 10.4. The normalized spacial score (nSPS) is 25.4. The lowest BCUT2D eigenvalue weighted by molar-refractivity contribution is -0.156. The fourth-order valence-corrected chi connectivity index (χ4v) is 4.61. The molecule has 4 rings (SSSR count). The summed E-state index contributed by atoms with van der Waals surface area (Å²) in [6, 6.07) is -0.0334. The molecule has 2 atom stereocenters. The summed E-state index contributed by atoms with van der Waals surface area (Å²) in [5.74, 6) is 1.68. The van der Waals surface area contributed by atoms with E-state index in [1.807, 2.05) is 0 Å². The summed E-state index contributed by atoms with van der Waals surface area (Å²) >= 11 is 0.